The Morgan fingerprint density at radius 1 is 1.38 bits per heavy atom. The molecule has 0 aliphatic heterocycles. The highest BCUT2D eigenvalue weighted by atomic mass is 19.1. The third kappa shape index (κ3) is 3.37. The summed E-state index contributed by atoms with van der Waals surface area (Å²) in [5.41, 5.74) is 3.60. The number of carbonyl (C=O) groups excluding carboxylic acids is 1. The van der Waals surface area contributed by atoms with Crippen LogP contribution in [0.3, 0.4) is 0 Å². The second-order valence-electron chi connectivity index (χ2n) is 3.52. The minimum Gasteiger partial charge on any atom is -0.477 e. The predicted octanol–water partition coefficient (Wildman–Crippen LogP) is 0.0372. The van der Waals surface area contributed by atoms with Crippen molar-refractivity contribution in [2.75, 3.05) is 0 Å². The predicted molar refractivity (Wildman–Crippen MR) is 41.5 cm³/mol. The molecule has 5 nitrogen and oxygen atoms in total. The summed E-state index contributed by atoms with van der Waals surface area (Å²) in [7, 11) is 0. The van der Waals surface area contributed by atoms with Crippen LogP contribution in [0.25, 0.3) is 0 Å². The minimum atomic E-state index is -3.48. The Balaban J connectivity index is 4.53. The maximum atomic E-state index is 12.8. The molecule has 6 heteroatoms. The summed E-state index contributed by atoms with van der Waals surface area (Å²) >= 11 is 0. The average molecular weight is 193 g/mol. The standard InChI is InChI=1S/C7H12FNO4/c1-6(2,3)13-5(12)7(8,9)4(10)11/h9H2,1-3H3,(H,10,11). The number of hydrogen-bond donors (Lipinski definition) is 2. The van der Waals surface area contributed by atoms with Crippen LogP contribution in [0.2, 0.25) is 0 Å². The summed E-state index contributed by atoms with van der Waals surface area (Å²) in [6.07, 6.45) is 0. The molecule has 76 valence electrons. The number of carboxylic acids is 1. The summed E-state index contributed by atoms with van der Waals surface area (Å²) < 4.78 is 17.3. The second kappa shape index (κ2) is 3.29. The van der Waals surface area contributed by atoms with Gasteiger partial charge in [0.2, 0.25) is 0 Å². The lowest BCUT2D eigenvalue weighted by atomic mass is 10.2. The Hall–Kier alpha value is -1.17. The van der Waals surface area contributed by atoms with Crippen molar-refractivity contribution in [1.82, 2.24) is 0 Å². The van der Waals surface area contributed by atoms with E-state index in [-0.39, 0.29) is 0 Å². The Labute approximate surface area is 74.7 Å². The fraction of sp³-hybridized carbons (Fsp3) is 0.714. The summed E-state index contributed by atoms with van der Waals surface area (Å²) in [5, 5.41) is 8.21. The van der Waals surface area contributed by atoms with Gasteiger partial charge in [0.25, 0.3) is 0 Å². The monoisotopic (exact) mass is 193 g/mol. The van der Waals surface area contributed by atoms with E-state index in [0.717, 1.165) is 0 Å². The van der Waals surface area contributed by atoms with Crippen molar-refractivity contribution < 1.29 is 23.8 Å². The lowest BCUT2D eigenvalue weighted by Crippen LogP contribution is -2.53. The number of rotatable bonds is 2. The quantitative estimate of drug-likeness (QED) is 0.367. The number of ether oxygens (including phenoxy) is 1. The van der Waals surface area contributed by atoms with E-state index in [4.69, 9.17) is 5.11 Å². The van der Waals surface area contributed by atoms with Crippen LogP contribution in [0.1, 0.15) is 20.8 Å². The number of halogens is 1. The minimum absolute atomic E-state index is 0.969. The number of esters is 1. The van der Waals surface area contributed by atoms with Crippen LogP contribution in [0.4, 0.5) is 4.39 Å². The lowest BCUT2D eigenvalue weighted by molar-refractivity contribution is -0.178. The highest BCUT2D eigenvalue weighted by Crippen LogP contribution is 2.13. The van der Waals surface area contributed by atoms with Gasteiger partial charge in [0.15, 0.2) is 0 Å². The van der Waals surface area contributed by atoms with Crippen molar-refractivity contribution in [1.29, 1.82) is 0 Å². The molecule has 0 saturated heterocycles. The van der Waals surface area contributed by atoms with Crippen LogP contribution in [-0.2, 0) is 14.3 Å². The first-order chi connectivity index (χ1) is 5.57. The fourth-order valence-corrected chi connectivity index (χ4v) is 0.440. The van der Waals surface area contributed by atoms with Gasteiger partial charge in [-0.15, -0.1) is 0 Å². The zero-order valence-corrected chi connectivity index (χ0v) is 7.63. The van der Waals surface area contributed by atoms with Gasteiger partial charge in [-0.3, -0.25) is 5.73 Å². The van der Waals surface area contributed by atoms with E-state index in [1.54, 1.807) is 0 Å². The fourth-order valence-electron chi connectivity index (χ4n) is 0.440. The molecule has 13 heavy (non-hydrogen) atoms. The highest BCUT2D eigenvalue weighted by Gasteiger charge is 2.46. The maximum absolute atomic E-state index is 12.8. The Bertz CT molecular complexity index is 231. The van der Waals surface area contributed by atoms with Crippen LogP contribution in [0.5, 0.6) is 0 Å². The number of alkyl halides is 1. The number of nitrogens with two attached hydrogens (primary N) is 1. The third-order valence-corrected chi connectivity index (χ3v) is 1.01. The van der Waals surface area contributed by atoms with E-state index in [1.807, 2.05) is 0 Å². The second-order valence-corrected chi connectivity index (χ2v) is 3.52. The van der Waals surface area contributed by atoms with Crippen molar-refractivity contribution in [2.45, 2.75) is 32.2 Å². The van der Waals surface area contributed by atoms with Crippen LogP contribution in [0.15, 0.2) is 0 Å². The molecule has 0 radical (unpaired) electrons. The van der Waals surface area contributed by atoms with Gasteiger partial charge in [-0.05, 0) is 20.8 Å². The van der Waals surface area contributed by atoms with Crippen molar-refractivity contribution in [3.63, 3.8) is 0 Å². The molecule has 0 spiro atoms. The molecule has 1 atom stereocenters. The topological polar surface area (TPSA) is 89.6 Å². The Morgan fingerprint density at radius 3 is 2.00 bits per heavy atom. The normalized spacial score (nSPS) is 16.1. The van der Waals surface area contributed by atoms with Gasteiger partial charge in [-0.1, -0.05) is 0 Å². The maximum Gasteiger partial charge on any atom is 0.371 e. The van der Waals surface area contributed by atoms with Crippen molar-refractivity contribution in [3.8, 4) is 0 Å². The molecule has 0 aromatic heterocycles. The third-order valence-electron chi connectivity index (χ3n) is 1.01. The molecule has 0 amide bonds. The summed E-state index contributed by atoms with van der Waals surface area (Å²) in [4.78, 5) is 21.0. The van der Waals surface area contributed by atoms with Gasteiger partial charge < -0.3 is 9.84 Å². The number of hydrogen-bond acceptors (Lipinski definition) is 4. The molecule has 1 unspecified atom stereocenters. The van der Waals surface area contributed by atoms with Crippen LogP contribution >= 0.6 is 0 Å². The SMILES string of the molecule is CC(C)(C)OC(=O)C(N)(F)C(=O)O. The van der Waals surface area contributed by atoms with E-state index in [1.165, 1.54) is 20.8 Å². The van der Waals surface area contributed by atoms with Crippen molar-refractivity contribution in [2.24, 2.45) is 5.73 Å². The molecule has 0 aromatic rings. The molecule has 0 heterocycles. The molecule has 0 aromatic carbocycles. The molecule has 0 bridgehead atoms. The van der Waals surface area contributed by atoms with Gasteiger partial charge in [0.1, 0.15) is 5.60 Å². The lowest BCUT2D eigenvalue weighted by Gasteiger charge is -2.23. The molecule has 0 aliphatic carbocycles. The van der Waals surface area contributed by atoms with E-state index in [0.29, 0.717) is 0 Å². The van der Waals surface area contributed by atoms with Gasteiger partial charge in [-0.2, -0.15) is 0 Å². The molecule has 0 fully saturated rings. The number of aliphatic carboxylic acids is 1. The largest absolute Gasteiger partial charge is 0.477 e. The first-order valence-electron chi connectivity index (χ1n) is 3.52. The van der Waals surface area contributed by atoms with Gasteiger partial charge >= 0.3 is 17.7 Å². The average Bonchev–Trinajstić information content (AvgIpc) is 1.82. The summed E-state index contributed by atoms with van der Waals surface area (Å²) in [6.45, 7) is 4.43. The van der Waals surface area contributed by atoms with Crippen LogP contribution < -0.4 is 5.73 Å². The van der Waals surface area contributed by atoms with Crippen molar-refractivity contribution >= 4 is 11.9 Å². The van der Waals surface area contributed by atoms with Gasteiger partial charge in [0.05, 0.1) is 0 Å². The number of carboxylic acid groups (broad SMARTS) is 1. The Morgan fingerprint density at radius 2 is 1.77 bits per heavy atom. The van der Waals surface area contributed by atoms with Crippen LogP contribution in [-0.4, -0.2) is 28.4 Å². The highest BCUT2D eigenvalue weighted by molar-refractivity contribution is 6.01. The zero-order valence-electron chi connectivity index (χ0n) is 7.63. The summed E-state index contributed by atoms with van der Waals surface area (Å²) in [5.74, 6) is -7.15. The number of carbonyl (C=O) groups is 2. The molecular formula is C7H12FNO4. The van der Waals surface area contributed by atoms with Crippen LogP contribution in [0, 0.1) is 0 Å². The van der Waals surface area contributed by atoms with Gasteiger partial charge in [-0.25, -0.2) is 14.0 Å². The molecule has 0 rings (SSSR count). The van der Waals surface area contributed by atoms with E-state index >= 15 is 0 Å². The molecule has 0 saturated carbocycles. The van der Waals surface area contributed by atoms with Gasteiger partial charge in [0, 0.05) is 0 Å². The first-order valence-corrected chi connectivity index (χ1v) is 3.52. The molecular weight excluding hydrogens is 181 g/mol. The first kappa shape index (κ1) is 11.8. The summed E-state index contributed by atoms with van der Waals surface area (Å²) in [6, 6.07) is 0. The van der Waals surface area contributed by atoms with Crippen molar-refractivity contribution in [3.05, 3.63) is 0 Å². The zero-order chi connectivity index (χ0) is 10.9. The smallest absolute Gasteiger partial charge is 0.371 e. The van der Waals surface area contributed by atoms with E-state index in [9.17, 15) is 14.0 Å². The Kier molecular flexibility index (Phi) is 3.00. The van der Waals surface area contributed by atoms with E-state index < -0.39 is 23.3 Å². The molecule has 3 N–H and O–H groups in total. The van der Waals surface area contributed by atoms with E-state index in [2.05, 4.69) is 10.5 Å². The molecule has 0 aliphatic rings.